The van der Waals surface area contributed by atoms with E-state index in [1.54, 1.807) is 34.1 Å². The highest BCUT2D eigenvalue weighted by molar-refractivity contribution is 6.42. The number of para-hydroxylation sites is 1. The minimum atomic E-state index is -0.702. The van der Waals surface area contributed by atoms with Gasteiger partial charge in [0.2, 0.25) is 11.8 Å². The highest BCUT2D eigenvalue weighted by Gasteiger charge is 2.52. The lowest BCUT2D eigenvalue weighted by Crippen LogP contribution is -2.62. The molecular formula is C24H25Cl2N3O3. The van der Waals surface area contributed by atoms with Gasteiger partial charge in [0.25, 0.3) is 5.91 Å². The summed E-state index contributed by atoms with van der Waals surface area (Å²) in [6, 6.07) is 12.3. The van der Waals surface area contributed by atoms with E-state index in [0.29, 0.717) is 47.1 Å². The molecule has 2 aromatic rings. The molecule has 168 valence electrons. The van der Waals surface area contributed by atoms with Crippen LogP contribution in [0, 0.1) is 0 Å². The van der Waals surface area contributed by atoms with Gasteiger partial charge in [-0.15, -0.1) is 0 Å². The number of carbonyl (C=O) groups is 3. The van der Waals surface area contributed by atoms with Gasteiger partial charge in [0.05, 0.1) is 27.3 Å². The number of halogens is 2. The van der Waals surface area contributed by atoms with E-state index >= 15 is 0 Å². The third-order valence-electron chi connectivity index (χ3n) is 6.35. The zero-order chi connectivity index (χ0) is 23.0. The van der Waals surface area contributed by atoms with Gasteiger partial charge in [0.1, 0.15) is 5.66 Å². The average Bonchev–Trinajstić information content (AvgIpc) is 3.07. The van der Waals surface area contributed by atoms with Crippen LogP contribution in [0.4, 0.5) is 5.69 Å². The van der Waals surface area contributed by atoms with Crippen LogP contribution >= 0.6 is 23.2 Å². The molecule has 1 fully saturated rings. The van der Waals surface area contributed by atoms with Gasteiger partial charge in [-0.2, -0.15) is 0 Å². The number of rotatable bonds is 6. The molecule has 2 aliphatic heterocycles. The summed E-state index contributed by atoms with van der Waals surface area (Å²) < 4.78 is 0. The summed E-state index contributed by atoms with van der Waals surface area (Å²) in [7, 11) is 0. The third kappa shape index (κ3) is 3.97. The molecule has 0 spiro atoms. The zero-order valence-corrected chi connectivity index (χ0v) is 19.5. The van der Waals surface area contributed by atoms with Crippen molar-refractivity contribution in [3.05, 3.63) is 63.6 Å². The Bertz CT molecular complexity index is 1090. The Hall–Kier alpha value is -2.57. The van der Waals surface area contributed by atoms with Gasteiger partial charge in [-0.25, -0.2) is 0 Å². The van der Waals surface area contributed by atoms with Crippen molar-refractivity contribution in [2.75, 3.05) is 11.4 Å². The molecule has 0 saturated carbocycles. The molecule has 0 aromatic heterocycles. The Morgan fingerprint density at radius 1 is 1.16 bits per heavy atom. The minimum Gasteiger partial charge on any atom is -0.350 e. The Kier molecular flexibility index (Phi) is 6.19. The lowest BCUT2D eigenvalue weighted by atomic mass is 9.98. The molecule has 2 unspecified atom stereocenters. The van der Waals surface area contributed by atoms with Crippen molar-refractivity contribution in [2.45, 2.75) is 51.2 Å². The second kappa shape index (κ2) is 8.75. The smallest absolute Gasteiger partial charge is 0.257 e. The maximum atomic E-state index is 13.2. The number of hydrogen-bond donors (Lipinski definition) is 1. The van der Waals surface area contributed by atoms with Crippen molar-refractivity contribution in [3.63, 3.8) is 0 Å². The van der Waals surface area contributed by atoms with E-state index < -0.39 is 5.66 Å². The Morgan fingerprint density at radius 3 is 2.66 bits per heavy atom. The summed E-state index contributed by atoms with van der Waals surface area (Å²) in [6.45, 7) is 4.20. The van der Waals surface area contributed by atoms with Crippen LogP contribution in [0.25, 0.3) is 0 Å². The van der Waals surface area contributed by atoms with Gasteiger partial charge < -0.3 is 10.2 Å². The van der Waals surface area contributed by atoms with Gasteiger partial charge in [0.15, 0.2) is 0 Å². The second-order valence-corrected chi connectivity index (χ2v) is 9.30. The second-order valence-electron chi connectivity index (χ2n) is 8.49. The molecule has 2 aromatic carbocycles. The number of anilines is 1. The van der Waals surface area contributed by atoms with Gasteiger partial charge >= 0.3 is 0 Å². The van der Waals surface area contributed by atoms with Crippen molar-refractivity contribution in [2.24, 2.45) is 0 Å². The first-order chi connectivity index (χ1) is 15.2. The van der Waals surface area contributed by atoms with E-state index in [1.165, 1.54) is 0 Å². The van der Waals surface area contributed by atoms with Crippen LogP contribution in [0.3, 0.4) is 0 Å². The highest BCUT2D eigenvalue weighted by Crippen LogP contribution is 2.44. The first-order valence-corrected chi connectivity index (χ1v) is 11.5. The molecule has 0 radical (unpaired) electrons. The predicted octanol–water partition coefficient (Wildman–Crippen LogP) is 4.95. The van der Waals surface area contributed by atoms with Crippen LogP contribution in [0.2, 0.25) is 10.0 Å². The first-order valence-electron chi connectivity index (χ1n) is 10.7. The number of hydrogen-bond acceptors (Lipinski definition) is 3. The molecule has 6 nitrogen and oxygen atoms in total. The summed E-state index contributed by atoms with van der Waals surface area (Å²) in [6.07, 6.45) is 1.73. The number of benzene rings is 2. The molecule has 8 heteroatoms. The quantitative estimate of drug-likeness (QED) is 0.644. The summed E-state index contributed by atoms with van der Waals surface area (Å²) >= 11 is 12.0. The Morgan fingerprint density at radius 2 is 1.91 bits per heavy atom. The van der Waals surface area contributed by atoms with Gasteiger partial charge in [0, 0.05) is 19.4 Å². The molecule has 32 heavy (non-hydrogen) atoms. The van der Waals surface area contributed by atoms with Gasteiger partial charge in [-0.1, -0.05) is 41.4 Å². The van der Waals surface area contributed by atoms with Crippen molar-refractivity contribution < 1.29 is 14.4 Å². The summed E-state index contributed by atoms with van der Waals surface area (Å²) in [4.78, 5) is 41.9. The van der Waals surface area contributed by atoms with E-state index in [1.807, 2.05) is 32.0 Å². The average molecular weight is 474 g/mol. The topological polar surface area (TPSA) is 69.7 Å². The highest BCUT2D eigenvalue weighted by atomic mass is 35.5. The van der Waals surface area contributed by atoms with Crippen LogP contribution in [-0.2, 0) is 9.59 Å². The Labute approximate surface area is 197 Å². The Balaban J connectivity index is 1.41. The number of nitrogens with one attached hydrogen (secondary N) is 1. The molecule has 1 saturated heterocycles. The van der Waals surface area contributed by atoms with Crippen LogP contribution < -0.4 is 10.2 Å². The van der Waals surface area contributed by atoms with Crippen LogP contribution in [0.15, 0.2) is 42.5 Å². The monoisotopic (exact) mass is 473 g/mol. The van der Waals surface area contributed by atoms with Crippen LogP contribution in [-0.4, -0.2) is 34.8 Å². The number of amides is 3. The molecule has 3 amide bonds. The van der Waals surface area contributed by atoms with Crippen molar-refractivity contribution in [1.29, 1.82) is 0 Å². The minimum absolute atomic E-state index is 0.0191. The molecule has 0 aliphatic carbocycles. The fourth-order valence-corrected chi connectivity index (χ4v) is 4.92. The fourth-order valence-electron chi connectivity index (χ4n) is 4.62. The number of fused-ring (bicyclic) bond motifs is 3. The van der Waals surface area contributed by atoms with Crippen LogP contribution in [0.5, 0.6) is 0 Å². The molecule has 2 heterocycles. The van der Waals surface area contributed by atoms with E-state index in [2.05, 4.69) is 5.32 Å². The van der Waals surface area contributed by atoms with Gasteiger partial charge in [-0.05, 0) is 56.5 Å². The van der Waals surface area contributed by atoms with Crippen molar-refractivity contribution in [1.82, 2.24) is 10.2 Å². The predicted molar refractivity (Wildman–Crippen MR) is 125 cm³/mol. The fraction of sp³-hybridized carbons (Fsp3) is 0.375. The number of carbonyl (C=O) groups excluding carboxylic acids is 3. The van der Waals surface area contributed by atoms with E-state index in [0.717, 1.165) is 5.56 Å². The molecule has 1 N–H and O–H groups in total. The third-order valence-corrected chi connectivity index (χ3v) is 7.09. The lowest BCUT2D eigenvalue weighted by molar-refractivity contribution is -0.122. The SMILES string of the molecule is CC(NC(=O)CCCN1C(=O)c2ccccc2N2C(=O)CCC12C)c1ccc(Cl)c(Cl)c1. The maximum Gasteiger partial charge on any atom is 0.257 e. The molecule has 2 aliphatic rings. The zero-order valence-electron chi connectivity index (χ0n) is 18.0. The molecule has 0 bridgehead atoms. The lowest BCUT2D eigenvalue weighted by Gasteiger charge is -2.48. The summed E-state index contributed by atoms with van der Waals surface area (Å²) in [5.41, 5.74) is 1.36. The van der Waals surface area contributed by atoms with Crippen molar-refractivity contribution in [3.8, 4) is 0 Å². The molecule has 4 rings (SSSR count). The number of nitrogens with zero attached hydrogens (tertiary/aromatic N) is 2. The normalized spacial score (nSPS) is 20.8. The van der Waals surface area contributed by atoms with E-state index in [4.69, 9.17) is 23.2 Å². The summed E-state index contributed by atoms with van der Waals surface area (Å²) in [5, 5.41) is 3.87. The first kappa shape index (κ1) is 22.6. The van der Waals surface area contributed by atoms with E-state index in [-0.39, 0.29) is 30.2 Å². The van der Waals surface area contributed by atoms with Crippen LogP contribution in [0.1, 0.15) is 61.5 Å². The van der Waals surface area contributed by atoms with Crippen molar-refractivity contribution >= 4 is 46.6 Å². The molecule has 2 atom stereocenters. The maximum absolute atomic E-state index is 13.2. The van der Waals surface area contributed by atoms with Gasteiger partial charge in [-0.3, -0.25) is 19.3 Å². The molecular weight excluding hydrogens is 449 g/mol. The van der Waals surface area contributed by atoms with E-state index in [9.17, 15) is 14.4 Å². The standard InChI is InChI=1S/C24H25Cl2N3O3/c1-15(16-9-10-18(25)19(26)14-16)27-21(30)8-5-13-28-23(32)17-6-3-4-7-20(17)29-22(31)11-12-24(28,29)2/h3-4,6-7,9-10,14-15H,5,8,11-13H2,1-2H3,(H,27,30). The summed E-state index contributed by atoms with van der Waals surface area (Å²) in [5.74, 6) is -0.192. The largest absolute Gasteiger partial charge is 0.350 e.